The summed E-state index contributed by atoms with van der Waals surface area (Å²) in [6.07, 6.45) is 2.86. The molecule has 0 heterocycles. The van der Waals surface area contributed by atoms with Gasteiger partial charge in [0.05, 0.1) is 9.79 Å². The molecule has 0 bridgehead atoms. The van der Waals surface area contributed by atoms with Crippen molar-refractivity contribution in [2.45, 2.75) is 9.79 Å². The summed E-state index contributed by atoms with van der Waals surface area (Å²) in [5, 5.41) is 0. The van der Waals surface area contributed by atoms with Crippen LogP contribution in [0, 0.1) is 0 Å². The predicted molar refractivity (Wildman–Crippen MR) is 86.6 cm³/mol. The van der Waals surface area contributed by atoms with E-state index in [1.807, 2.05) is 0 Å². The average Bonchev–Trinajstić information content (AvgIpc) is 2.45. The molecule has 0 fully saturated rings. The molecular weight excluding hydrogens is 402 g/mol. The van der Waals surface area contributed by atoms with Gasteiger partial charge < -0.3 is 20.6 Å². The monoisotopic (exact) mass is 414 g/mol. The maximum Gasteiger partial charge on any atom is 1.00 e. The molecule has 0 aliphatic heterocycles. The first-order chi connectivity index (χ1) is 11.0. The smallest absolute Gasteiger partial charge is 0.744 e. The van der Waals surface area contributed by atoms with Crippen molar-refractivity contribution in [3.63, 3.8) is 0 Å². The number of hydrogen-bond donors (Lipinski definition) is 2. The summed E-state index contributed by atoms with van der Waals surface area (Å²) < 4.78 is 66.6. The summed E-state index contributed by atoms with van der Waals surface area (Å²) in [5.74, 6) is 0. The molecule has 26 heavy (non-hydrogen) atoms. The van der Waals surface area contributed by atoms with Gasteiger partial charge in [0.1, 0.15) is 20.2 Å². The third-order valence-corrected chi connectivity index (χ3v) is 4.87. The number of anilines is 2. The molecule has 2 rings (SSSR count). The summed E-state index contributed by atoms with van der Waals surface area (Å²) in [6, 6.07) is 7.67. The summed E-state index contributed by atoms with van der Waals surface area (Å²) in [5.41, 5.74) is 11.3. The third-order valence-electron chi connectivity index (χ3n) is 3.08. The zero-order valence-corrected chi connectivity index (χ0v) is 19.7. The number of rotatable bonds is 4. The quantitative estimate of drug-likeness (QED) is 0.217. The van der Waals surface area contributed by atoms with Gasteiger partial charge >= 0.3 is 59.1 Å². The second-order valence-corrected chi connectivity index (χ2v) is 7.53. The average molecular weight is 414 g/mol. The van der Waals surface area contributed by atoms with Gasteiger partial charge in [-0.3, -0.25) is 0 Å². The van der Waals surface area contributed by atoms with Crippen molar-refractivity contribution in [3.05, 3.63) is 47.5 Å². The normalized spacial score (nSPS) is 11.6. The second kappa shape index (κ2) is 9.69. The molecular formula is C14H12N2Na2O6S2. The molecule has 0 amide bonds. The van der Waals surface area contributed by atoms with Crippen LogP contribution in [0.5, 0.6) is 0 Å². The van der Waals surface area contributed by atoms with Gasteiger partial charge in [0.2, 0.25) is 0 Å². The largest absolute Gasteiger partial charge is 1.00 e. The minimum absolute atomic E-state index is 0. The molecule has 12 heteroatoms. The van der Waals surface area contributed by atoms with E-state index < -0.39 is 30.0 Å². The Hall–Kier alpha value is -0.400. The number of nitrogen functional groups attached to an aromatic ring is 2. The predicted octanol–water partition coefficient (Wildman–Crippen LogP) is -5.16. The van der Waals surface area contributed by atoms with Crippen molar-refractivity contribution in [2.24, 2.45) is 0 Å². The molecule has 0 atom stereocenters. The molecule has 8 nitrogen and oxygen atoms in total. The Kier molecular flexibility index (Phi) is 9.54. The first-order valence-electron chi connectivity index (χ1n) is 6.37. The van der Waals surface area contributed by atoms with E-state index in [9.17, 15) is 25.9 Å². The Bertz CT molecular complexity index is 954. The van der Waals surface area contributed by atoms with E-state index in [-0.39, 0.29) is 70.5 Å². The van der Waals surface area contributed by atoms with E-state index in [0.717, 1.165) is 12.1 Å². The number of hydrogen-bond acceptors (Lipinski definition) is 8. The number of nitrogens with two attached hydrogens (primary N) is 2. The van der Waals surface area contributed by atoms with Gasteiger partial charge in [-0.15, -0.1) is 0 Å². The Balaban J connectivity index is 0.00000312. The Labute approximate surface area is 195 Å². The molecule has 4 N–H and O–H groups in total. The summed E-state index contributed by atoms with van der Waals surface area (Å²) >= 11 is 0. The molecule has 2 aromatic carbocycles. The molecule has 0 radical (unpaired) electrons. The molecule has 128 valence electrons. The third kappa shape index (κ3) is 6.64. The second-order valence-electron chi connectivity index (χ2n) is 4.84. The molecule has 0 aliphatic carbocycles. The van der Waals surface area contributed by atoms with E-state index in [0.29, 0.717) is 11.1 Å². The fourth-order valence-corrected chi connectivity index (χ4v) is 3.21. The van der Waals surface area contributed by atoms with E-state index >= 15 is 0 Å². The van der Waals surface area contributed by atoms with Gasteiger partial charge in [0.15, 0.2) is 0 Å². The van der Waals surface area contributed by atoms with Crippen molar-refractivity contribution >= 4 is 43.8 Å². The molecule has 0 spiro atoms. The fraction of sp³-hybridized carbons (Fsp3) is 0. The first-order valence-corrected chi connectivity index (χ1v) is 9.19. The summed E-state index contributed by atoms with van der Waals surface area (Å²) in [7, 11) is -9.43. The van der Waals surface area contributed by atoms with E-state index in [4.69, 9.17) is 11.5 Å². The van der Waals surface area contributed by atoms with Crippen molar-refractivity contribution in [1.29, 1.82) is 0 Å². The zero-order valence-electron chi connectivity index (χ0n) is 14.0. The number of benzene rings is 2. The van der Waals surface area contributed by atoms with Crippen LogP contribution in [-0.4, -0.2) is 25.9 Å². The van der Waals surface area contributed by atoms with Crippen LogP contribution in [-0.2, 0) is 20.2 Å². The topological polar surface area (TPSA) is 166 Å². The Morgan fingerprint density at radius 1 is 0.692 bits per heavy atom. The van der Waals surface area contributed by atoms with E-state index in [1.165, 1.54) is 36.4 Å². The van der Waals surface area contributed by atoms with Crippen LogP contribution in [0.4, 0.5) is 11.4 Å². The standard InChI is InChI=1S/C14H14N2O6S2.2Na/c15-11-5-3-9(7-13(11)23(17,18)19)1-2-10-4-6-12(16)14(8-10)24(20,21)22;;/h1-8H,15-16H2,(H,17,18,19)(H,20,21,22);;/q;2*+1/p-2/b2-1+;;. The van der Waals surface area contributed by atoms with Crippen LogP contribution in [0.1, 0.15) is 11.1 Å². The van der Waals surface area contributed by atoms with Gasteiger partial charge in [-0.05, 0) is 35.4 Å². The maximum atomic E-state index is 11.1. The molecule has 0 aromatic heterocycles. The van der Waals surface area contributed by atoms with E-state index in [2.05, 4.69) is 0 Å². The van der Waals surface area contributed by atoms with Crippen LogP contribution < -0.4 is 70.6 Å². The van der Waals surface area contributed by atoms with Crippen molar-refractivity contribution in [3.8, 4) is 0 Å². The van der Waals surface area contributed by atoms with Gasteiger partial charge in [0, 0.05) is 11.4 Å². The van der Waals surface area contributed by atoms with Crippen LogP contribution >= 0.6 is 0 Å². The Morgan fingerprint density at radius 3 is 1.27 bits per heavy atom. The van der Waals surface area contributed by atoms with Gasteiger partial charge in [-0.2, -0.15) is 0 Å². The minimum Gasteiger partial charge on any atom is -0.744 e. The molecule has 2 aromatic rings. The summed E-state index contributed by atoms with van der Waals surface area (Å²) in [4.78, 5) is -1.10. The van der Waals surface area contributed by atoms with Crippen LogP contribution in [0.25, 0.3) is 12.2 Å². The van der Waals surface area contributed by atoms with Gasteiger partial charge in [-0.1, -0.05) is 24.3 Å². The van der Waals surface area contributed by atoms with E-state index in [1.54, 1.807) is 0 Å². The maximum absolute atomic E-state index is 11.1. The fourth-order valence-electron chi connectivity index (χ4n) is 1.93. The molecule has 0 unspecified atom stereocenters. The summed E-state index contributed by atoms with van der Waals surface area (Å²) in [6.45, 7) is 0. The van der Waals surface area contributed by atoms with Gasteiger partial charge in [-0.25, -0.2) is 16.8 Å². The van der Waals surface area contributed by atoms with Gasteiger partial charge in [0.25, 0.3) is 0 Å². The minimum atomic E-state index is -4.72. The zero-order chi connectivity index (χ0) is 18.1. The van der Waals surface area contributed by atoms with Crippen LogP contribution in [0.15, 0.2) is 46.2 Å². The van der Waals surface area contributed by atoms with Crippen LogP contribution in [0.2, 0.25) is 0 Å². The van der Waals surface area contributed by atoms with Crippen LogP contribution in [0.3, 0.4) is 0 Å². The molecule has 0 aliphatic rings. The SMILES string of the molecule is Nc1ccc(/C=C/c2ccc(N)c(S(=O)(=O)[O-])c2)cc1S(=O)(=O)[O-].[Na+].[Na+]. The van der Waals surface area contributed by atoms with Crippen molar-refractivity contribution in [1.82, 2.24) is 0 Å². The first kappa shape index (κ1) is 25.6. The van der Waals surface area contributed by atoms with Crippen molar-refractivity contribution < 1.29 is 85.1 Å². The molecule has 0 saturated heterocycles. The van der Waals surface area contributed by atoms with Crippen molar-refractivity contribution in [2.75, 3.05) is 11.5 Å². The Morgan fingerprint density at radius 2 is 1.00 bits per heavy atom. The molecule has 0 saturated carbocycles.